The molecule has 1 aliphatic rings. The second kappa shape index (κ2) is 12.6. The molecule has 0 saturated carbocycles. The van der Waals surface area contributed by atoms with E-state index in [4.69, 9.17) is 9.15 Å². The first-order chi connectivity index (χ1) is 19.4. The second-order valence-electron chi connectivity index (χ2n) is 10.2. The molecule has 0 N–H and O–H groups in total. The van der Waals surface area contributed by atoms with Gasteiger partial charge in [-0.2, -0.15) is 0 Å². The molecule has 1 aliphatic heterocycles. The molecule has 1 saturated heterocycles. The minimum Gasteiger partial charge on any atom is -0.464 e. The summed E-state index contributed by atoms with van der Waals surface area (Å²) in [5, 5.41) is 0.481. The van der Waals surface area contributed by atoms with Gasteiger partial charge in [-0.15, -0.1) is 0 Å². The number of carbonyl (C=O) groups is 2. The van der Waals surface area contributed by atoms with Crippen LogP contribution in [0.25, 0.3) is 11.0 Å². The number of amides is 2. The van der Waals surface area contributed by atoms with Crippen LogP contribution in [0, 0.1) is 6.92 Å². The van der Waals surface area contributed by atoms with Gasteiger partial charge in [0.25, 0.3) is 5.91 Å². The predicted octanol–water partition coefficient (Wildman–Crippen LogP) is 5.71. The average molecular weight is 604 g/mol. The maximum absolute atomic E-state index is 13.9. The summed E-state index contributed by atoms with van der Waals surface area (Å²) >= 11 is 3.44. The van der Waals surface area contributed by atoms with E-state index in [1.807, 2.05) is 49.4 Å². The number of nitrogens with zero attached hydrogens (tertiary/aromatic N) is 2. The topological polar surface area (TPSA) is 80.1 Å². The van der Waals surface area contributed by atoms with Crippen molar-refractivity contribution in [3.8, 4) is 0 Å². The number of halogens is 1. The Morgan fingerprint density at radius 1 is 0.975 bits per heavy atom. The number of ether oxygens (including phenoxy) is 1. The summed E-state index contributed by atoms with van der Waals surface area (Å²) < 4.78 is 12.4. The van der Waals surface area contributed by atoms with E-state index >= 15 is 0 Å². The van der Waals surface area contributed by atoms with Crippen LogP contribution >= 0.6 is 15.9 Å². The van der Waals surface area contributed by atoms with Gasteiger partial charge in [0.15, 0.2) is 5.43 Å². The van der Waals surface area contributed by atoms with E-state index in [1.165, 1.54) is 6.26 Å². The van der Waals surface area contributed by atoms with Crippen molar-refractivity contribution in [2.24, 2.45) is 0 Å². The molecular formula is C32H31BrN2O5. The van der Waals surface area contributed by atoms with E-state index in [9.17, 15) is 14.4 Å². The molecule has 1 atom stereocenters. The Morgan fingerprint density at radius 3 is 2.55 bits per heavy atom. The first-order valence-corrected chi connectivity index (χ1v) is 14.2. The minimum atomic E-state index is -0.270. The molecular weight excluding hydrogens is 572 g/mol. The van der Waals surface area contributed by atoms with E-state index in [-0.39, 0.29) is 43.0 Å². The summed E-state index contributed by atoms with van der Waals surface area (Å²) in [6, 6.07) is 22.2. The second-order valence-corrected chi connectivity index (χ2v) is 11.1. The maximum Gasteiger partial charge on any atom is 0.254 e. The Morgan fingerprint density at radius 2 is 1.80 bits per heavy atom. The fraction of sp³-hybridized carbons (Fsp3) is 0.281. The van der Waals surface area contributed by atoms with E-state index in [2.05, 4.69) is 15.9 Å². The average Bonchev–Trinajstić information content (AvgIpc) is 3.47. The fourth-order valence-electron chi connectivity index (χ4n) is 4.96. The molecule has 2 amide bonds. The van der Waals surface area contributed by atoms with Crippen molar-refractivity contribution in [1.82, 2.24) is 9.80 Å². The fourth-order valence-corrected chi connectivity index (χ4v) is 5.36. The highest BCUT2D eigenvalue weighted by molar-refractivity contribution is 9.10. The van der Waals surface area contributed by atoms with Gasteiger partial charge in [-0.1, -0.05) is 64.0 Å². The Kier molecular flexibility index (Phi) is 8.77. The first-order valence-electron chi connectivity index (χ1n) is 13.4. The van der Waals surface area contributed by atoms with Gasteiger partial charge in [0.2, 0.25) is 5.91 Å². The van der Waals surface area contributed by atoms with Gasteiger partial charge in [0.05, 0.1) is 29.9 Å². The standard InChI is InChI=1S/C32H31BrN2O5/c1-22-12-13-29-28(15-22)31(37)25(21-40-29)18-34(17-23-7-3-2-4-8-23)30(36)20-35(19-27-11-6-14-39-27)32(38)24-9-5-10-26(33)16-24/h2-5,7-10,12-13,15-16,21,27H,6,11,14,17-20H2,1H3/t27-/m1/s1. The minimum absolute atomic E-state index is 0.0544. The van der Waals surface area contributed by atoms with Crippen LogP contribution in [-0.4, -0.2) is 47.4 Å². The highest BCUT2D eigenvalue weighted by Crippen LogP contribution is 2.19. The zero-order valence-electron chi connectivity index (χ0n) is 22.3. The molecule has 5 rings (SSSR count). The van der Waals surface area contributed by atoms with Crippen LogP contribution in [0.2, 0.25) is 0 Å². The van der Waals surface area contributed by atoms with Crippen molar-refractivity contribution in [1.29, 1.82) is 0 Å². The third-order valence-electron chi connectivity index (χ3n) is 7.06. The molecule has 0 spiro atoms. The van der Waals surface area contributed by atoms with Crippen molar-refractivity contribution >= 4 is 38.7 Å². The zero-order valence-corrected chi connectivity index (χ0v) is 23.9. The van der Waals surface area contributed by atoms with E-state index in [0.29, 0.717) is 35.2 Å². The quantitative estimate of drug-likeness (QED) is 0.245. The SMILES string of the molecule is Cc1ccc2occ(CN(Cc3ccccc3)C(=O)CN(C[C@H]3CCCO3)C(=O)c3cccc(Br)c3)c(=O)c2c1. The molecule has 0 bridgehead atoms. The lowest BCUT2D eigenvalue weighted by atomic mass is 10.1. The number of rotatable bonds is 9. The van der Waals surface area contributed by atoms with Gasteiger partial charge in [-0.3, -0.25) is 14.4 Å². The molecule has 40 heavy (non-hydrogen) atoms. The van der Waals surface area contributed by atoms with Crippen molar-refractivity contribution < 1.29 is 18.7 Å². The third kappa shape index (κ3) is 6.69. The third-order valence-corrected chi connectivity index (χ3v) is 7.56. The van der Waals surface area contributed by atoms with Crippen molar-refractivity contribution in [2.45, 2.75) is 39.0 Å². The molecule has 3 aromatic carbocycles. The van der Waals surface area contributed by atoms with Gasteiger partial charge in [0, 0.05) is 29.7 Å². The summed E-state index contributed by atoms with van der Waals surface area (Å²) in [5.74, 6) is -0.514. The Bertz CT molecular complexity index is 1560. The molecule has 4 aromatic rings. The molecule has 8 heteroatoms. The van der Waals surface area contributed by atoms with Crippen LogP contribution in [0.15, 0.2) is 92.7 Å². The van der Waals surface area contributed by atoms with Crippen LogP contribution in [0.4, 0.5) is 0 Å². The van der Waals surface area contributed by atoms with E-state index in [1.54, 1.807) is 40.1 Å². The smallest absolute Gasteiger partial charge is 0.254 e. The summed E-state index contributed by atoms with van der Waals surface area (Å²) in [6.45, 7) is 3.07. The number of fused-ring (bicyclic) bond motifs is 1. The molecule has 1 fully saturated rings. The summed E-state index contributed by atoms with van der Waals surface area (Å²) in [4.78, 5) is 44.1. The predicted molar refractivity (Wildman–Crippen MR) is 157 cm³/mol. The molecule has 206 valence electrons. The first kappa shape index (κ1) is 27.8. The van der Waals surface area contributed by atoms with Gasteiger partial charge in [-0.05, 0) is 55.7 Å². The highest BCUT2D eigenvalue weighted by atomic mass is 79.9. The van der Waals surface area contributed by atoms with Crippen LogP contribution in [0.3, 0.4) is 0 Å². The van der Waals surface area contributed by atoms with Crippen LogP contribution in [0.1, 0.15) is 39.9 Å². The molecule has 0 radical (unpaired) electrons. The summed E-state index contributed by atoms with van der Waals surface area (Å²) in [6.07, 6.45) is 3.07. The van der Waals surface area contributed by atoms with Crippen LogP contribution in [-0.2, 0) is 22.6 Å². The number of benzene rings is 3. The molecule has 2 heterocycles. The van der Waals surface area contributed by atoms with Crippen LogP contribution < -0.4 is 5.43 Å². The zero-order chi connectivity index (χ0) is 28.1. The number of hydrogen-bond donors (Lipinski definition) is 0. The summed E-state index contributed by atoms with van der Waals surface area (Å²) in [5.41, 5.74) is 3.07. The van der Waals surface area contributed by atoms with Gasteiger partial charge >= 0.3 is 0 Å². The Labute approximate surface area is 241 Å². The molecule has 0 aliphatic carbocycles. The van der Waals surface area contributed by atoms with Crippen molar-refractivity contribution in [3.05, 3.63) is 116 Å². The number of carbonyl (C=O) groups excluding carboxylic acids is 2. The Balaban J connectivity index is 1.44. The van der Waals surface area contributed by atoms with E-state index < -0.39 is 0 Å². The van der Waals surface area contributed by atoms with E-state index in [0.717, 1.165) is 28.4 Å². The largest absolute Gasteiger partial charge is 0.464 e. The normalized spacial score (nSPS) is 14.8. The van der Waals surface area contributed by atoms with Gasteiger partial charge < -0.3 is 19.0 Å². The number of aryl methyl sites for hydroxylation is 1. The Hall–Kier alpha value is -3.75. The van der Waals surface area contributed by atoms with Gasteiger partial charge in [-0.25, -0.2) is 0 Å². The molecule has 1 aromatic heterocycles. The van der Waals surface area contributed by atoms with Crippen molar-refractivity contribution in [3.63, 3.8) is 0 Å². The number of hydrogen-bond acceptors (Lipinski definition) is 5. The summed E-state index contributed by atoms with van der Waals surface area (Å²) in [7, 11) is 0. The highest BCUT2D eigenvalue weighted by Gasteiger charge is 2.28. The molecule has 0 unspecified atom stereocenters. The van der Waals surface area contributed by atoms with Crippen molar-refractivity contribution in [2.75, 3.05) is 19.7 Å². The lowest BCUT2D eigenvalue weighted by Gasteiger charge is -2.29. The monoisotopic (exact) mass is 602 g/mol. The van der Waals surface area contributed by atoms with Crippen LogP contribution in [0.5, 0.6) is 0 Å². The lowest BCUT2D eigenvalue weighted by Crippen LogP contribution is -2.45. The molecule has 7 nitrogen and oxygen atoms in total. The van der Waals surface area contributed by atoms with Gasteiger partial charge in [0.1, 0.15) is 12.1 Å². The maximum atomic E-state index is 13.9. The lowest BCUT2D eigenvalue weighted by molar-refractivity contribution is -0.133.